The highest BCUT2D eigenvalue weighted by Gasteiger charge is 2.32. The van der Waals surface area contributed by atoms with Crippen LogP contribution >= 0.6 is 24.0 Å². The molecule has 1 heterocycles. The first kappa shape index (κ1) is 26.8. The molecule has 0 radical (unpaired) electrons. The Bertz CT molecular complexity index is 1270. The second-order valence-corrected chi connectivity index (χ2v) is 8.95. The average Bonchev–Trinajstić information content (AvgIpc) is 3.07. The van der Waals surface area contributed by atoms with Gasteiger partial charge in [0.2, 0.25) is 5.91 Å². The number of hydrogen-bond donors (Lipinski definition) is 3. The zero-order valence-electron chi connectivity index (χ0n) is 18.3. The lowest BCUT2D eigenvalue weighted by Crippen LogP contribution is -2.29. The molecular formula is C23H18F2N2O7S2. The molecule has 1 saturated heterocycles. The van der Waals surface area contributed by atoms with E-state index in [1.807, 2.05) is 0 Å². The van der Waals surface area contributed by atoms with Gasteiger partial charge >= 0.3 is 18.6 Å². The van der Waals surface area contributed by atoms with Gasteiger partial charge in [0.05, 0.1) is 21.7 Å². The number of rotatable bonds is 10. The minimum atomic E-state index is -3.03. The van der Waals surface area contributed by atoms with E-state index in [-0.39, 0.29) is 56.7 Å². The molecule has 2 aromatic rings. The Balaban J connectivity index is 1.63. The molecule has 2 aromatic carbocycles. The van der Waals surface area contributed by atoms with Crippen molar-refractivity contribution in [1.29, 1.82) is 0 Å². The molecule has 13 heteroatoms. The number of hydrogen-bond acceptors (Lipinski definition) is 7. The van der Waals surface area contributed by atoms with Crippen molar-refractivity contribution in [3.05, 3.63) is 64.1 Å². The zero-order valence-corrected chi connectivity index (χ0v) is 19.9. The highest BCUT2D eigenvalue weighted by atomic mass is 32.2. The number of aromatic carboxylic acids is 2. The molecule has 9 nitrogen and oxygen atoms in total. The molecule has 0 aromatic heterocycles. The van der Waals surface area contributed by atoms with Gasteiger partial charge in [0, 0.05) is 18.5 Å². The number of thiocarbonyl (C=S) groups is 1. The zero-order chi connectivity index (χ0) is 26.4. The first-order valence-electron chi connectivity index (χ1n) is 10.3. The summed E-state index contributed by atoms with van der Waals surface area (Å²) in [6, 6.07) is 9.22. The van der Waals surface area contributed by atoms with Crippen molar-refractivity contribution in [3.63, 3.8) is 0 Å². The Morgan fingerprint density at radius 3 is 2.53 bits per heavy atom. The number of nitrogens with zero attached hydrogens (tertiary/aromatic N) is 1. The van der Waals surface area contributed by atoms with Gasteiger partial charge in [-0.15, -0.1) is 0 Å². The van der Waals surface area contributed by atoms with Crippen LogP contribution < -0.4 is 10.1 Å². The molecule has 1 aliphatic heterocycles. The van der Waals surface area contributed by atoms with E-state index in [9.17, 15) is 33.1 Å². The predicted octanol–water partition coefficient (Wildman–Crippen LogP) is 4.30. The number of alkyl halides is 2. The van der Waals surface area contributed by atoms with Crippen LogP contribution in [0.2, 0.25) is 0 Å². The van der Waals surface area contributed by atoms with E-state index in [2.05, 4.69) is 10.1 Å². The average molecular weight is 537 g/mol. The molecule has 0 atom stereocenters. The Kier molecular flexibility index (Phi) is 8.72. The quantitative estimate of drug-likeness (QED) is 0.300. The molecule has 3 N–H and O–H groups in total. The van der Waals surface area contributed by atoms with Crippen molar-refractivity contribution >= 4 is 63.8 Å². The molecule has 0 unspecified atom stereocenters. The van der Waals surface area contributed by atoms with Crippen LogP contribution in [0, 0.1) is 0 Å². The second kappa shape index (κ2) is 11.7. The number of carboxylic acid groups (broad SMARTS) is 2. The van der Waals surface area contributed by atoms with Crippen LogP contribution in [0.5, 0.6) is 5.75 Å². The lowest BCUT2D eigenvalue weighted by Gasteiger charge is -2.14. The largest absolute Gasteiger partial charge is 0.478 e. The first-order chi connectivity index (χ1) is 17.1. The third kappa shape index (κ3) is 6.64. The highest BCUT2D eigenvalue weighted by molar-refractivity contribution is 8.26. The summed E-state index contributed by atoms with van der Waals surface area (Å²) in [5, 5.41) is 20.8. The second-order valence-electron chi connectivity index (χ2n) is 7.27. The molecule has 0 saturated carbocycles. The van der Waals surface area contributed by atoms with Crippen LogP contribution in [0.4, 0.5) is 14.5 Å². The minimum absolute atomic E-state index is 0.0750. The van der Waals surface area contributed by atoms with E-state index in [1.54, 1.807) is 6.07 Å². The Morgan fingerprint density at radius 2 is 1.86 bits per heavy atom. The Labute approximate surface area is 212 Å². The molecule has 2 amide bonds. The molecule has 188 valence electrons. The van der Waals surface area contributed by atoms with Crippen LogP contribution in [0.1, 0.15) is 39.1 Å². The number of nitrogens with one attached hydrogen (secondary N) is 1. The predicted molar refractivity (Wildman–Crippen MR) is 131 cm³/mol. The van der Waals surface area contributed by atoms with Crippen LogP contribution in [0.3, 0.4) is 0 Å². The highest BCUT2D eigenvalue weighted by Crippen LogP contribution is 2.34. The molecule has 36 heavy (non-hydrogen) atoms. The topological polar surface area (TPSA) is 133 Å². The summed E-state index contributed by atoms with van der Waals surface area (Å²) in [4.78, 5) is 49.1. The minimum Gasteiger partial charge on any atom is -0.478 e. The summed E-state index contributed by atoms with van der Waals surface area (Å²) in [5.74, 6) is -3.76. The summed E-state index contributed by atoms with van der Waals surface area (Å²) in [6.45, 7) is -2.95. The van der Waals surface area contributed by atoms with E-state index in [4.69, 9.17) is 17.3 Å². The van der Waals surface area contributed by atoms with Gasteiger partial charge in [-0.2, -0.15) is 8.78 Å². The van der Waals surface area contributed by atoms with Crippen molar-refractivity contribution in [2.24, 2.45) is 0 Å². The Morgan fingerprint density at radius 1 is 1.14 bits per heavy atom. The lowest BCUT2D eigenvalue weighted by molar-refractivity contribution is -0.122. The number of para-hydroxylation sites is 1. The SMILES string of the molecule is O=C(CCCN1C(=O)/C(=C/c2ccccc2OC(F)F)SC1=S)Nc1cc(C(=O)O)ccc1C(=O)O. The third-order valence-electron chi connectivity index (χ3n) is 4.85. The molecule has 0 bridgehead atoms. The summed E-state index contributed by atoms with van der Waals surface area (Å²) in [5.41, 5.74) is -0.354. The van der Waals surface area contributed by atoms with Gasteiger partial charge in [0.1, 0.15) is 10.1 Å². The fraction of sp³-hybridized carbons (Fsp3) is 0.174. The Hall–Kier alpha value is -3.84. The maximum absolute atomic E-state index is 12.8. The number of amides is 2. The van der Waals surface area contributed by atoms with Gasteiger partial charge in [-0.05, 0) is 36.8 Å². The molecule has 0 aliphatic carbocycles. The maximum Gasteiger partial charge on any atom is 0.387 e. The number of ether oxygens (including phenoxy) is 1. The fourth-order valence-corrected chi connectivity index (χ4v) is 4.51. The summed E-state index contributed by atoms with van der Waals surface area (Å²) < 4.78 is 30.0. The van der Waals surface area contributed by atoms with Gasteiger partial charge in [0.15, 0.2) is 0 Å². The van der Waals surface area contributed by atoms with Gasteiger partial charge in [-0.25, -0.2) is 9.59 Å². The normalized spacial score (nSPS) is 14.4. The number of thioether (sulfide) groups is 1. The van der Waals surface area contributed by atoms with Crippen LogP contribution in [-0.4, -0.2) is 56.3 Å². The number of carbonyl (C=O) groups excluding carboxylic acids is 2. The smallest absolute Gasteiger partial charge is 0.387 e. The third-order valence-corrected chi connectivity index (χ3v) is 6.23. The van der Waals surface area contributed by atoms with Crippen molar-refractivity contribution in [2.75, 3.05) is 11.9 Å². The van der Waals surface area contributed by atoms with Crippen molar-refractivity contribution in [3.8, 4) is 5.75 Å². The number of benzene rings is 2. The fourth-order valence-electron chi connectivity index (χ4n) is 3.21. The maximum atomic E-state index is 12.8. The summed E-state index contributed by atoms with van der Waals surface area (Å²) in [7, 11) is 0. The molecular weight excluding hydrogens is 518 g/mol. The van der Waals surface area contributed by atoms with Gasteiger partial charge in [0.25, 0.3) is 5.91 Å². The molecule has 1 aliphatic rings. The number of anilines is 1. The van der Waals surface area contributed by atoms with Gasteiger partial charge in [-0.1, -0.05) is 42.2 Å². The number of carboxylic acids is 2. The van der Waals surface area contributed by atoms with Gasteiger partial charge < -0.3 is 20.3 Å². The van der Waals surface area contributed by atoms with Crippen LogP contribution in [0.25, 0.3) is 6.08 Å². The molecule has 1 fully saturated rings. The van der Waals surface area contributed by atoms with Crippen molar-refractivity contribution in [1.82, 2.24) is 4.90 Å². The summed E-state index contributed by atoms with van der Waals surface area (Å²) >= 11 is 6.22. The van der Waals surface area contributed by atoms with Gasteiger partial charge in [-0.3, -0.25) is 14.5 Å². The monoisotopic (exact) mass is 536 g/mol. The number of halogens is 2. The van der Waals surface area contributed by atoms with E-state index >= 15 is 0 Å². The van der Waals surface area contributed by atoms with E-state index in [0.29, 0.717) is 0 Å². The van der Waals surface area contributed by atoms with Crippen molar-refractivity contribution < 1.29 is 42.9 Å². The summed E-state index contributed by atoms with van der Waals surface area (Å²) in [6.07, 6.45) is 1.45. The molecule has 0 spiro atoms. The van der Waals surface area contributed by atoms with Crippen LogP contribution in [-0.2, 0) is 9.59 Å². The number of carbonyl (C=O) groups is 4. The standard InChI is InChI=1S/C23H18F2N2O7S2/c24-22(25)34-16-5-2-1-4-12(16)11-17-19(29)27(23(35)36-17)9-3-6-18(28)26-15-10-13(20(30)31)7-8-14(15)21(32)33/h1-2,4-5,7-8,10-11,22H,3,6,9H2,(H,26,28)(H,30,31)(H,32,33)/b17-11-. The molecule has 3 rings (SSSR count). The van der Waals surface area contributed by atoms with Crippen LogP contribution in [0.15, 0.2) is 47.4 Å². The van der Waals surface area contributed by atoms with Crippen molar-refractivity contribution in [2.45, 2.75) is 19.5 Å². The first-order valence-corrected chi connectivity index (χ1v) is 11.5. The van der Waals surface area contributed by atoms with E-state index in [0.717, 1.165) is 30.0 Å². The van der Waals surface area contributed by atoms with E-state index < -0.39 is 30.4 Å². The van der Waals surface area contributed by atoms with E-state index in [1.165, 1.54) is 29.2 Å². The lowest BCUT2D eigenvalue weighted by atomic mass is 10.1.